The van der Waals surface area contributed by atoms with Gasteiger partial charge in [-0.3, -0.25) is 4.90 Å². The molecular formula is C27H36FN3O3. The van der Waals surface area contributed by atoms with Crippen molar-refractivity contribution < 1.29 is 18.7 Å². The Labute approximate surface area is 201 Å². The Bertz CT molecular complexity index is 1020. The van der Waals surface area contributed by atoms with Crippen molar-refractivity contribution >= 4 is 11.8 Å². The van der Waals surface area contributed by atoms with Gasteiger partial charge in [-0.05, 0) is 86.9 Å². The molecule has 0 radical (unpaired) electrons. The van der Waals surface area contributed by atoms with E-state index in [-0.39, 0.29) is 23.7 Å². The van der Waals surface area contributed by atoms with E-state index >= 15 is 0 Å². The monoisotopic (exact) mass is 469 g/mol. The topological polar surface area (TPSA) is 62.8 Å². The molecule has 184 valence electrons. The molecule has 1 saturated carbocycles. The molecule has 0 bridgehead atoms. The van der Waals surface area contributed by atoms with Gasteiger partial charge in [0.2, 0.25) is 0 Å². The summed E-state index contributed by atoms with van der Waals surface area (Å²) < 4.78 is 24.8. The fraction of sp³-hybridized carbons (Fsp3) is 0.519. The fourth-order valence-corrected chi connectivity index (χ4v) is 4.40. The first-order chi connectivity index (χ1) is 16.2. The van der Waals surface area contributed by atoms with E-state index in [1.807, 2.05) is 37.8 Å². The highest BCUT2D eigenvalue weighted by molar-refractivity contribution is 5.69. The summed E-state index contributed by atoms with van der Waals surface area (Å²) in [5, 5.41) is 6.87. The number of rotatable bonds is 7. The third-order valence-corrected chi connectivity index (χ3v) is 6.29. The molecule has 1 aliphatic heterocycles. The van der Waals surface area contributed by atoms with Gasteiger partial charge in [0.15, 0.2) is 11.6 Å². The number of halogens is 1. The number of hydrogen-bond donors (Lipinski definition) is 2. The number of nitrogens with one attached hydrogen (secondary N) is 2. The third-order valence-electron chi connectivity index (χ3n) is 6.29. The van der Waals surface area contributed by atoms with Crippen LogP contribution in [0.1, 0.15) is 56.3 Å². The molecule has 2 fully saturated rings. The molecule has 2 N–H and O–H groups in total. The van der Waals surface area contributed by atoms with E-state index in [0.717, 1.165) is 24.2 Å². The molecule has 0 spiro atoms. The molecule has 2 aromatic carbocycles. The van der Waals surface area contributed by atoms with Gasteiger partial charge in [-0.15, -0.1) is 0 Å². The summed E-state index contributed by atoms with van der Waals surface area (Å²) in [5.41, 5.74) is 3.74. The first-order valence-electron chi connectivity index (χ1n) is 12.1. The van der Waals surface area contributed by atoms with Crippen molar-refractivity contribution in [3.05, 3.63) is 58.9 Å². The number of methoxy groups -OCH3 is 1. The average Bonchev–Trinajstić information content (AvgIpc) is 3.61. The maximum absolute atomic E-state index is 14.1. The molecule has 2 aromatic rings. The van der Waals surface area contributed by atoms with E-state index in [0.29, 0.717) is 25.6 Å². The predicted octanol–water partition coefficient (Wildman–Crippen LogP) is 5.28. The minimum Gasteiger partial charge on any atom is -0.494 e. The normalized spacial score (nSPS) is 18.5. The first kappa shape index (κ1) is 24.3. The maximum Gasteiger partial charge on any atom is 0.410 e. The predicted molar refractivity (Wildman–Crippen MR) is 132 cm³/mol. The van der Waals surface area contributed by atoms with Gasteiger partial charge in [0, 0.05) is 31.9 Å². The minimum atomic E-state index is -0.530. The van der Waals surface area contributed by atoms with E-state index < -0.39 is 5.60 Å². The smallest absolute Gasteiger partial charge is 0.410 e. The van der Waals surface area contributed by atoms with E-state index in [4.69, 9.17) is 9.47 Å². The Morgan fingerprint density at radius 3 is 2.68 bits per heavy atom. The number of carbonyl (C=O) groups excluding carboxylic acids is 1. The number of ether oxygens (including phenoxy) is 2. The number of carbonyl (C=O) groups is 1. The Hall–Kier alpha value is -2.80. The highest BCUT2D eigenvalue weighted by Gasteiger charge is 2.33. The van der Waals surface area contributed by atoms with Gasteiger partial charge in [-0.2, -0.15) is 0 Å². The lowest BCUT2D eigenvalue weighted by molar-refractivity contribution is 0.0117. The van der Waals surface area contributed by atoms with E-state index in [1.165, 1.54) is 37.1 Å². The third kappa shape index (κ3) is 6.20. The Morgan fingerprint density at radius 2 is 2.00 bits per heavy atom. The summed E-state index contributed by atoms with van der Waals surface area (Å²) in [6.45, 7) is 8.28. The van der Waals surface area contributed by atoms with Crippen LogP contribution in [0.4, 0.5) is 14.9 Å². The van der Waals surface area contributed by atoms with Gasteiger partial charge < -0.3 is 20.1 Å². The molecule has 7 heteroatoms. The quantitative estimate of drug-likeness (QED) is 0.578. The highest BCUT2D eigenvalue weighted by atomic mass is 19.1. The van der Waals surface area contributed by atoms with Crippen molar-refractivity contribution in [2.45, 2.75) is 58.2 Å². The Kier molecular flexibility index (Phi) is 7.31. The lowest BCUT2D eigenvalue weighted by Gasteiger charge is -2.38. The van der Waals surface area contributed by atoms with Crippen molar-refractivity contribution in [1.29, 1.82) is 0 Å². The Morgan fingerprint density at radius 1 is 1.21 bits per heavy atom. The number of amides is 1. The van der Waals surface area contributed by atoms with E-state index in [9.17, 15) is 9.18 Å². The molecule has 2 aliphatic rings. The molecule has 1 amide bonds. The maximum atomic E-state index is 14.1. The van der Waals surface area contributed by atoms with Gasteiger partial charge in [-0.25, -0.2) is 9.18 Å². The van der Waals surface area contributed by atoms with Crippen LogP contribution in [-0.4, -0.2) is 43.3 Å². The van der Waals surface area contributed by atoms with Crippen LogP contribution in [0.5, 0.6) is 5.75 Å². The van der Waals surface area contributed by atoms with E-state index in [2.05, 4.69) is 22.8 Å². The van der Waals surface area contributed by atoms with Gasteiger partial charge >= 0.3 is 6.09 Å². The zero-order valence-corrected chi connectivity index (χ0v) is 20.6. The second-order valence-electron chi connectivity index (χ2n) is 10.3. The Balaban J connectivity index is 1.54. The highest BCUT2D eigenvalue weighted by Crippen LogP contribution is 2.37. The van der Waals surface area contributed by atoms with Gasteiger partial charge in [0.25, 0.3) is 0 Å². The molecule has 6 nitrogen and oxygen atoms in total. The van der Waals surface area contributed by atoms with Crippen LogP contribution in [0.15, 0.2) is 36.4 Å². The number of anilines is 1. The van der Waals surface area contributed by atoms with Crippen LogP contribution in [0.3, 0.4) is 0 Å². The minimum absolute atomic E-state index is 0.0675. The second-order valence-corrected chi connectivity index (χ2v) is 10.3. The standard InChI is InChI=1S/C27H36FN3O3/c1-27(2,3)34-26(32)31-12-11-29-17-24(31)22-9-8-21(15-20(22)13-18-5-6-18)30-16-19-7-10-25(33-4)23(28)14-19/h7-10,14-15,18,24,29-30H,5-6,11-13,16-17H2,1-4H3. The lowest BCUT2D eigenvalue weighted by atomic mass is 9.93. The molecule has 4 rings (SSSR count). The number of hydrogen-bond acceptors (Lipinski definition) is 5. The molecular weight excluding hydrogens is 433 g/mol. The first-order valence-corrected chi connectivity index (χ1v) is 12.1. The van der Waals surface area contributed by atoms with Crippen LogP contribution >= 0.6 is 0 Å². The van der Waals surface area contributed by atoms with Crippen LogP contribution in [0.2, 0.25) is 0 Å². The lowest BCUT2D eigenvalue weighted by Crippen LogP contribution is -2.50. The van der Waals surface area contributed by atoms with Crippen molar-refractivity contribution in [2.75, 3.05) is 32.1 Å². The van der Waals surface area contributed by atoms with Crippen LogP contribution in [0, 0.1) is 11.7 Å². The molecule has 1 aliphatic carbocycles. The van der Waals surface area contributed by atoms with Crippen molar-refractivity contribution in [3.8, 4) is 5.75 Å². The zero-order valence-electron chi connectivity index (χ0n) is 20.6. The average molecular weight is 470 g/mol. The molecule has 0 aromatic heterocycles. The second kappa shape index (κ2) is 10.2. The van der Waals surface area contributed by atoms with Crippen molar-refractivity contribution in [1.82, 2.24) is 10.2 Å². The zero-order chi connectivity index (χ0) is 24.3. The summed E-state index contributed by atoms with van der Waals surface area (Å²) in [6.07, 6.45) is 3.24. The fourth-order valence-electron chi connectivity index (χ4n) is 4.40. The summed E-state index contributed by atoms with van der Waals surface area (Å²) in [6, 6.07) is 11.3. The molecule has 1 unspecified atom stereocenters. The summed E-state index contributed by atoms with van der Waals surface area (Å²) in [7, 11) is 1.46. The number of piperazine rings is 1. The SMILES string of the molecule is COc1ccc(CNc2ccc(C3CNCCN3C(=O)OC(C)(C)C)c(CC3CC3)c2)cc1F. The van der Waals surface area contributed by atoms with Crippen LogP contribution < -0.4 is 15.4 Å². The molecule has 1 heterocycles. The van der Waals surface area contributed by atoms with E-state index in [1.54, 1.807) is 6.07 Å². The molecule has 1 saturated heterocycles. The van der Waals surface area contributed by atoms with Crippen molar-refractivity contribution in [3.63, 3.8) is 0 Å². The van der Waals surface area contributed by atoms with Gasteiger partial charge in [0.05, 0.1) is 13.2 Å². The summed E-state index contributed by atoms with van der Waals surface area (Å²) in [4.78, 5) is 14.8. The summed E-state index contributed by atoms with van der Waals surface area (Å²) in [5.74, 6) is 0.588. The molecule has 1 atom stereocenters. The van der Waals surface area contributed by atoms with Crippen LogP contribution in [-0.2, 0) is 17.7 Å². The van der Waals surface area contributed by atoms with Gasteiger partial charge in [-0.1, -0.05) is 12.1 Å². The summed E-state index contributed by atoms with van der Waals surface area (Å²) >= 11 is 0. The molecule has 34 heavy (non-hydrogen) atoms. The number of benzene rings is 2. The van der Waals surface area contributed by atoms with Crippen LogP contribution in [0.25, 0.3) is 0 Å². The number of nitrogens with zero attached hydrogens (tertiary/aromatic N) is 1. The van der Waals surface area contributed by atoms with Gasteiger partial charge in [0.1, 0.15) is 5.60 Å². The largest absolute Gasteiger partial charge is 0.494 e. The van der Waals surface area contributed by atoms with Crippen molar-refractivity contribution in [2.24, 2.45) is 5.92 Å².